The SMILES string of the molecule is Cc1ccc(NC(=O)Nc2ccccc2)cc1NC(=O)C1CCC(N)C1.Cl. The summed E-state index contributed by atoms with van der Waals surface area (Å²) in [5.41, 5.74) is 8.86. The molecule has 2 aromatic rings. The van der Waals surface area contributed by atoms with Crippen LogP contribution in [0.15, 0.2) is 48.5 Å². The standard InChI is InChI=1S/C20H24N4O2.ClH/c1-13-7-10-17(23-20(26)22-16-5-3-2-4-6-16)12-18(13)24-19(25)14-8-9-15(21)11-14;/h2-7,10,12,14-15H,8-9,11,21H2,1H3,(H,24,25)(H2,22,23,26);1H. The van der Waals surface area contributed by atoms with E-state index in [1.807, 2.05) is 43.3 Å². The fourth-order valence-corrected chi connectivity index (χ4v) is 3.14. The molecule has 6 nitrogen and oxygen atoms in total. The summed E-state index contributed by atoms with van der Waals surface area (Å²) in [7, 11) is 0. The van der Waals surface area contributed by atoms with Crippen molar-refractivity contribution < 1.29 is 9.59 Å². The number of hydrogen-bond acceptors (Lipinski definition) is 3. The maximum atomic E-state index is 12.4. The summed E-state index contributed by atoms with van der Waals surface area (Å²) in [5.74, 6) is -0.0469. The van der Waals surface area contributed by atoms with Gasteiger partial charge in [-0.1, -0.05) is 24.3 Å². The summed E-state index contributed by atoms with van der Waals surface area (Å²) in [6.45, 7) is 1.92. The van der Waals surface area contributed by atoms with Crippen LogP contribution in [-0.4, -0.2) is 18.0 Å². The van der Waals surface area contributed by atoms with Crippen molar-refractivity contribution in [3.8, 4) is 0 Å². The highest BCUT2D eigenvalue weighted by atomic mass is 35.5. The van der Waals surface area contributed by atoms with Crippen molar-refractivity contribution in [3.63, 3.8) is 0 Å². The average molecular weight is 389 g/mol. The topological polar surface area (TPSA) is 96.2 Å². The lowest BCUT2D eigenvalue weighted by Crippen LogP contribution is -2.24. The Balaban J connectivity index is 0.00000261. The minimum absolute atomic E-state index is 0. The van der Waals surface area contributed by atoms with Gasteiger partial charge in [-0.3, -0.25) is 4.79 Å². The molecule has 0 bridgehead atoms. The van der Waals surface area contributed by atoms with E-state index in [-0.39, 0.29) is 36.3 Å². The van der Waals surface area contributed by atoms with Gasteiger partial charge in [0.05, 0.1) is 0 Å². The van der Waals surface area contributed by atoms with Crippen LogP contribution in [0.25, 0.3) is 0 Å². The molecule has 5 N–H and O–H groups in total. The van der Waals surface area contributed by atoms with Crippen LogP contribution >= 0.6 is 12.4 Å². The fraction of sp³-hybridized carbons (Fsp3) is 0.300. The molecular formula is C20H25ClN4O2. The summed E-state index contributed by atoms with van der Waals surface area (Å²) in [4.78, 5) is 24.5. The molecular weight excluding hydrogens is 364 g/mol. The van der Waals surface area contributed by atoms with Crippen molar-refractivity contribution >= 4 is 41.4 Å². The maximum absolute atomic E-state index is 12.4. The number of rotatable bonds is 4. The Morgan fingerprint density at radius 3 is 2.33 bits per heavy atom. The molecule has 1 aliphatic rings. The maximum Gasteiger partial charge on any atom is 0.323 e. The number of aryl methyl sites for hydroxylation is 1. The zero-order valence-corrected chi connectivity index (χ0v) is 16.0. The highest BCUT2D eigenvalue weighted by Gasteiger charge is 2.28. The Bertz CT molecular complexity index is 798. The van der Waals surface area contributed by atoms with Crippen molar-refractivity contribution in [1.82, 2.24) is 0 Å². The molecule has 0 saturated heterocycles. The van der Waals surface area contributed by atoms with Crippen molar-refractivity contribution in [1.29, 1.82) is 0 Å². The molecule has 3 rings (SSSR count). The Hall–Kier alpha value is -2.57. The highest BCUT2D eigenvalue weighted by Crippen LogP contribution is 2.27. The molecule has 7 heteroatoms. The van der Waals surface area contributed by atoms with E-state index >= 15 is 0 Å². The van der Waals surface area contributed by atoms with Crippen LogP contribution in [0.3, 0.4) is 0 Å². The van der Waals surface area contributed by atoms with E-state index in [1.165, 1.54) is 0 Å². The molecule has 0 aliphatic heterocycles. The number of nitrogens with two attached hydrogens (primary N) is 1. The van der Waals surface area contributed by atoms with Crippen LogP contribution in [-0.2, 0) is 4.79 Å². The number of nitrogens with one attached hydrogen (secondary N) is 3. The van der Waals surface area contributed by atoms with Crippen LogP contribution in [0.2, 0.25) is 0 Å². The Morgan fingerprint density at radius 1 is 0.963 bits per heavy atom. The van der Waals surface area contributed by atoms with E-state index in [1.54, 1.807) is 12.1 Å². The third kappa shape index (κ3) is 5.70. The van der Waals surface area contributed by atoms with Crippen LogP contribution in [0.1, 0.15) is 24.8 Å². The predicted molar refractivity (Wildman–Crippen MR) is 111 cm³/mol. The number of carbonyl (C=O) groups excluding carboxylic acids is 2. The summed E-state index contributed by atoms with van der Waals surface area (Å²) in [5, 5.41) is 8.52. The zero-order chi connectivity index (χ0) is 18.5. The molecule has 2 aromatic carbocycles. The number of hydrogen-bond donors (Lipinski definition) is 4. The third-order valence-electron chi connectivity index (χ3n) is 4.63. The zero-order valence-electron chi connectivity index (χ0n) is 15.2. The van der Waals surface area contributed by atoms with E-state index < -0.39 is 0 Å². The van der Waals surface area contributed by atoms with E-state index in [4.69, 9.17) is 5.73 Å². The molecule has 144 valence electrons. The molecule has 1 saturated carbocycles. The van der Waals surface area contributed by atoms with Crippen LogP contribution in [0.5, 0.6) is 0 Å². The first-order chi connectivity index (χ1) is 12.5. The van der Waals surface area contributed by atoms with Crippen molar-refractivity contribution in [2.45, 2.75) is 32.2 Å². The third-order valence-corrected chi connectivity index (χ3v) is 4.63. The summed E-state index contributed by atoms with van der Waals surface area (Å²) in [6, 6.07) is 14.4. The van der Waals surface area contributed by atoms with Gasteiger partial charge >= 0.3 is 6.03 Å². The molecule has 1 aliphatic carbocycles. The number of para-hydroxylation sites is 1. The fourth-order valence-electron chi connectivity index (χ4n) is 3.14. The largest absolute Gasteiger partial charge is 0.328 e. The average Bonchev–Trinajstić information content (AvgIpc) is 3.05. The second kappa shape index (κ2) is 9.39. The first-order valence-corrected chi connectivity index (χ1v) is 8.81. The lowest BCUT2D eigenvalue weighted by molar-refractivity contribution is -0.119. The number of amides is 3. The molecule has 3 amide bonds. The molecule has 0 spiro atoms. The van der Waals surface area contributed by atoms with Gasteiger partial charge in [0.2, 0.25) is 5.91 Å². The molecule has 0 aromatic heterocycles. The predicted octanol–water partition coefficient (Wildman–Crippen LogP) is 4.13. The molecule has 0 heterocycles. The quantitative estimate of drug-likeness (QED) is 0.634. The molecule has 27 heavy (non-hydrogen) atoms. The van der Waals surface area contributed by atoms with E-state index in [9.17, 15) is 9.59 Å². The van der Waals surface area contributed by atoms with Crippen molar-refractivity contribution in [2.75, 3.05) is 16.0 Å². The number of carbonyl (C=O) groups is 2. The normalized spacial score (nSPS) is 18.3. The first kappa shape index (κ1) is 20.7. The Morgan fingerprint density at radius 2 is 1.67 bits per heavy atom. The van der Waals surface area contributed by atoms with Gasteiger partial charge in [0.15, 0.2) is 0 Å². The summed E-state index contributed by atoms with van der Waals surface area (Å²) >= 11 is 0. The monoisotopic (exact) mass is 388 g/mol. The van der Waals surface area contributed by atoms with Gasteiger partial charge in [0.25, 0.3) is 0 Å². The second-order valence-corrected chi connectivity index (χ2v) is 6.73. The number of halogens is 1. The van der Waals surface area contributed by atoms with E-state index in [2.05, 4.69) is 16.0 Å². The summed E-state index contributed by atoms with van der Waals surface area (Å²) in [6.07, 6.45) is 2.43. The summed E-state index contributed by atoms with van der Waals surface area (Å²) < 4.78 is 0. The lowest BCUT2D eigenvalue weighted by atomic mass is 10.1. The van der Waals surface area contributed by atoms with E-state index in [0.717, 1.165) is 24.8 Å². The van der Waals surface area contributed by atoms with E-state index in [0.29, 0.717) is 17.1 Å². The minimum atomic E-state index is -0.334. The molecule has 0 radical (unpaired) electrons. The molecule has 1 fully saturated rings. The Labute approximate surface area is 165 Å². The smallest absolute Gasteiger partial charge is 0.323 e. The number of benzene rings is 2. The van der Waals surface area contributed by atoms with Gasteiger partial charge in [-0.15, -0.1) is 12.4 Å². The van der Waals surface area contributed by atoms with Gasteiger partial charge in [0.1, 0.15) is 0 Å². The first-order valence-electron chi connectivity index (χ1n) is 8.81. The van der Waals surface area contributed by atoms with Gasteiger partial charge in [-0.2, -0.15) is 0 Å². The number of urea groups is 1. The molecule has 2 unspecified atom stereocenters. The van der Waals surface area contributed by atoms with Gasteiger partial charge in [0, 0.05) is 29.0 Å². The Kier molecular flexibility index (Phi) is 7.21. The van der Waals surface area contributed by atoms with Gasteiger partial charge in [-0.25, -0.2) is 4.79 Å². The minimum Gasteiger partial charge on any atom is -0.328 e. The van der Waals surface area contributed by atoms with Crippen molar-refractivity contribution in [2.24, 2.45) is 11.7 Å². The lowest BCUT2D eigenvalue weighted by Gasteiger charge is -2.14. The van der Waals surface area contributed by atoms with Crippen LogP contribution < -0.4 is 21.7 Å². The van der Waals surface area contributed by atoms with Crippen molar-refractivity contribution in [3.05, 3.63) is 54.1 Å². The van der Waals surface area contributed by atoms with Gasteiger partial charge in [-0.05, 0) is 56.0 Å². The number of anilines is 3. The van der Waals surface area contributed by atoms with Gasteiger partial charge < -0.3 is 21.7 Å². The molecule has 2 atom stereocenters. The highest BCUT2D eigenvalue weighted by molar-refractivity contribution is 6.00. The van der Waals surface area contributed by atoms with Crippen LogP contribution in [0, 0.1) is 12.8 Å². The van der Waals surface area contributed by atoms with Crippen LogP contribution in [0.4, 0.5) is 21.9 Å². The second-order valence-electron chi connectivity index (χ2n) is 6.73.